The second kappa shape index (κ2) is 8.82. The third-order valence-corrected chi connectivity index (χ3v) is 5.38. The van der Waals surface area contributed by atoms with Crippen LogP contribution in [0.5, 0.6) is 5.75 Å². The van der Waals surface area contributed by atoms with Crippen molar-refractivity contribution in [3.05, 3.63) is 59.0 Å². The van der Waals surface area contributed by atoms with E-state index in [4.69, 9.17) is 4.74 Å². The van der Waals surface area contributed by atoms with Crippen molar-refractivity contribution in [1.82, 2.24) is 10.6 Å². The highest BCUT2D eigenvalue weighted by Crippen LogP contribution is 2.44. The largest absolute Gasteiger partial charge is 0.497 e. The summed E-state index contributed by atoms with van der Waals surface area (Å²) in [5.41, 5.74) is 1.80. The van der Waals surface area contributed by atoms with Crippen LogP contribution in [0.2, 0.25) is 0 Å². The molecule has 0 aliphatic carbocycles. The minimum Gasteiger partial charge on any atom is -0.497 e. The number of carbonyl (C=O) groups excluding carboxylic acids is 1. The van der Waals surface area contributed by atoms with E-state index in [9.17, 15) is 9.70 Å². The molecule has 6 nitrogen and oxygen atoms in total. The molecule has 7 heteroatoms. The quantitative estimate of drug-likeness (QED) is 0.698. The minimum absolute atomic E-state index is 0.0689. The molecule has 1 atom stereocenters. The summed E-state index contributed by atoms with van der Waals surface area (Å²) in [4.78, 5) is 25.1. The van der Waals surface area contributed by atoms with Crippen molar-refractivity contribution < 1.29 is 14.3 Å². The molecule has 1 aliphatic rings. The van der Waals surface area contributed by atoms with E-state index in [1.54, 1.807) is 19.2 Å². The normalized spacial score (nSPS) is 15.6. The van der Waals surface area contributed by atoms with Crippen molar-refractivity contribution in [3.63, 3.8) is 0 Å². The zero-order chi connectivity index (χ0) is 18.4. The van der Waals surface area contributed by atoms with Gasteiger partial charge in [-0.1, -0.05) is 30.3 Å². The number of nitroso groups, excluding NO2 is 1. The Morgan fingerprint density at radius 3 is 2.81 bits per heavy atom. The van der Waals surface area contributed by atoms with Crippen LogP contribution in [0.3, 0.4) is 0 Å². The number of benzene rings is 2. The smallest absolute Gasteiger partial charge is 0.271 e. The van der Waals surface area contributed by atoms with E-state index in [1.807, 2.05) is 36.4 Å². The first kappa shape index (κ1) is 18.4. The van der Waals surface area contributed by atoms with Gasteiger partial charge in [0.25, 0.3) is 11.1 Å². The van der Waals surface area contributed by atoms with Gasteiger partial charge in [-0.05, 0) is 23.4 Å². The number of carbonyl (C=O) groups is 1. The van der Waals surface area contributed by atoms with Crippen LogP contribution in [0, 0.1) is 4.91 Å². The van der Waals surface area contributed by atoms with Crippen molar-refractivity contribution in [2.75, 3.05) is 20.2 Å². The molecule has 0 saturated heterocycles. The zero-order valence-electron chi connectivity index (χ0n) is 14.6. The van der Waals surface area contributed by atoms with Crippen molar-refractivity contribution >= 4 is 23.4 Å². The van der Waals surface area contributed by atoms with E-state index < -0.39 is 0 Å². The summed E-state index contributed by atoms with van der Waals surface area (Å²) in [5, 5.41) is 5.75. The van der Waals surface area contributed by atoms with Crippen molar-refractivity contribution in [2.45, 2.75) is 23.2 Å². The summed E-state index contributed by atoms with van der Waals surface area (Å²) in [6.07, 6.45) is 0.579. The van der Waals surface area contributed by atoms with Crippen LogP contribution in [-0.4, -0.2) is 36.2 Å². The molecule has 1 amide bonds. The van der Waals surface area contributed by atoms with Gasteiger partial charge in [-0.15, -0.1) is 0 Å². The first-order valence-electron chi connectivity index (χ1n) is 8.50. The topological polar surface area (TPSA) is 70.4 Å². The summed E-state index contributed by atoms with van der Waals surface area (Å²) >= 11 is 1.51. The van der Waals surface area contributed by atoms with Gasteiger partial charge in [-0.2, -0.15) is 0 Å². The molecule has 0 aromatic heterocycles. The third kappa shape index (κ3) is 4.62. The molecule has 0 fully saturated rings. The number of ether oxygens (including phenoxy) is 1. The van der Waals surface area contributed by atoms with Gasteiger partial charge in [0.15, 0.2) is 0 Å². The van der Waals surface area contributed by atoms with Crippen molar-refractivity contribution in [3.8, 4) is 5.75 Å². The number of fused-ring (bicyclic) bond motifs is 1. The number of hydrogen-bond donors (Lipinski definition) is 2. The van der Waals surface area contributed by atoms with E-state index >= 15 is 0 Å². The van der Waals surface area contributed by atoms with Gasteiger partial charge in [-0.25, -0.2) is 0 Å². The maximum Gasteiger partial charge on any atom is 0.271 e. The minimum atomic E-state index is -0.227. The lowest BCUT2D eigenvalue weighted by atomic mass is 10.2. The number of hydrogen-bond acceptors (Lipinski definition) is 5. The second-order valence-electron chi connectivity index (χ2n) is 5.96. The molecule has 2 N–H and O–H groups in total. The van der Waals surface area contributed by atoms with Crippen LogP contribution in [-0.2, 0) is 11.3 Å². The lowest BCUT2D eigenvalue weighted by molar-refractivity contribution is -0.476. The zero-order valence-corrected chi connectivity index (χ0v) is 15.4. The molecule has 2 aromatic carbocycles. The molecule has 3 rings (SSSR count). The van der Waals surface area contributed by atoms with Gasteiger partial charge in [0.1, 0.15) is 5.75 Å². The molecule has 0 radical (unpaired) electrons. The number of nitrogens with one attached hydrogen (secondary N) is 2. The Morgan fingerprint density at radius 1 is 1.23 bits per heavy atom. The van der Waals surface area contributed by atoms with Gasteiger partial charge in [-0.3, -0.25) is 4.79 Å². The first-order valence-corrected chi connectivity index (χ1v) is 9.38. The fourth-order valence-corrected chi connectivity index (χ4v) is 3.94. The van der Waals surface area contributed by atoms with Crippen LogP contribution < -0.4 is 15.4 Å². The third-order valence-electron chi connectivity index (χ3n) is 4.10. The van der Waals surface area contributed by atoms with Crippen LogP contribution >= 0.6 is 11.8 Å². The molecule has 0 saturated carbocycles. The van der Waals surface area contributed by atoms with Crippen LogP contribution in [0.4, 0.5) is 5.69 Å². The highest BCUT2D eigenvalue weighted by atomic mass is 32.2. The van der Waals surface area contributed by atoms with E-state index in [0.29, 0.717) is 25.2 Å². The second-order valence-corrected chi connectivity index (χ2v) is 7.18. The molecule has 1 aliphatic heterocycles. The fourth-order valence-electron chi connectivity index (χ4n) is 2.74. The number of thioether (sulfide) groups is 1. The Balaban J connectivity index is 1.38. The molecule has 1 unspecified atom stereocenters. The van der Waals surface area contributed by atoms with Crippen LogP contribution in [0.25, 0.3) is 0 Å². The van der Waals surface area contributed by atoms with E-state index in [-0.39, 0.29) is 17.8 Å². The molecule has 1 heterocycles. The standard InChI is InChI=1S/C19H21N3O3S/c1-25-15-7-8-16-17(11-15)26-19(22(16)24)9-10-21-18(23)13-20-12-14-5-3-2-4-6-14/h2-8,11,19-20H,9-10,12-13H2,1H3/p+1. The Labute approximate surface area is 156 Å². The Hall–Kier alpha value is -2.38. The van der Waals surface area contributed by atoms with E-state index in [2.05, 4.69) is 10.6 Å². The first-order chi connectivity index (χ1) is 12.7. The molecule has 2 aromatic rings. The maximum absolute atomic E-state index is 12.3. The number of amides is 1. The fraction of sp³-hybridized carbons (Fsp3) is 0.316. The lowest BCUT2D eigenvalue weighted by Crippen LogP contribution is -2.35. The number of rotatable bonds is 8. The summed E-state index contributed by atoms with van der Waals surface area (Å²) in [7, 11) is 1.61. The lowest BCUT2D eigenvalue weighted by Gasteiger charge is -2.07. The monoisotopic (exact) mass is 372 g/mol. The van der Waals surface area contributed by atoms with Crippen molar-refractivity contribution in [1.29, 1.82) is 0 Å². The average Bonchev–Trinajstić information content (AvgIpc) is 2.98. The molecule has 26 heavy (non-hydrogen) atoms. The average molecular weight is 372 g/mol. The molecule has 0 spiro atoms. The van der Waals surface area contributed by atoms with Gasteiger partial charge in [0, 0.05) is 36.6 Å². The molecular formula is C19H22N3O3S+. The molecule has 136 valence electrons. The van der Waals surface area contributed by atoms with E-state index in [1.165, 1.54) is 11.8 Å². The summed E-state index contributed by atoms with van der Waals surface area (Å²) < 4.78 is 6.21. The molecular weight excluding hydrogens is 350 g/mol. The highest BCUT2D eigenvalue weighted by Gasteiger charge is 2.39. The van der Waals surface area contributed by atoms with E-state index in [0.717, 1.165) is 21.0 Å². The van der Waals surface area contributed by atoms with Crippen molar-refractivity contribution in [2.24, 2.45) is 0 Å². The Bertz CT molecular complexity index is 783. The Morgan fingerprint density at radius 2 is 2.04 bits per heavy atom. The predicted molar refractivity (Wildman–Crippen MR) is 102 cm³/mol. The predicted octanol–water partition coefficient (Wildman–Crippen LogP) is 2.83. The SMILES string of the molecule is COc1ccc2c(c1)SC(CCNC(=O)CNCc1ccccc1)[N+]2=O. The van der Waals surface area contributed by atoms with Crippen LogP contribution in [0.1, 0.15) is 12.0 Å². The van der Waals surface area contributed by atoms with Gasteiger partial charge >= 0.3 is 0 Å². The van der Waals surface area contributed by atoms with Gasteiger partial charge in [0.2, 0.25) is 5.91 Å². The van der Waals surface area contributed by atoms with Gasteiger partial charge in [0.05, 0.1) is 23.3 Å². The summed E-state index contributed by atoms with van der Waals surface area (Å²) in [5.74, 6) is 0.670. The maximum atomic E-state index is 12.3. The van der Waals surface area contributed by atoms with Crippen LogP contribution in [0.15, 0.2) is 53.4 Å². The van der Waals surface area contributed by atoms with Gasteiger partial charge < -0.3 is 15.4 Å². The number of methoxy groups -OCH3 is 1. The summed E-state index contributed by atoms with van der Waals surface area (Å²) in [6.45, 7) is 1.37. The Kier molecular flexibility index (Phi) is 6.25. The highest BCUT2D eigenvalue weighted by molar-refractivity contribution is 8.00. The summed E-state index contributed by atoms with van der Waals surface area (Å²) in [6, 6.07) is 15.4. The molecule has 0 bridgehead atoms. The number of nitrogens with zero attached hydrogens (tertiary/aromatic N) is 1.